The van der Waals surface area contributed by atoms with Crippen LogP contribution in [0.25, 0.3) is 0 Å². The van der Waals surface area contributed by atoms with Crippen LogP contribution in [0.1, 0.15) is 1.43 Å². The van der Waals surface area contributed by atoms with Crippen LogP contribution in [0.4, 0.5) is 0 Å². The Labute approximate surface area is 167 Å². The number of carboxylic acids is 1. The summed E-state index contributed by atoms with van der Waals surface area (Å²) in [6.45, 7) is 0. The molecule has 0 bridgehead atoms. The molecule has 0 saturated carbocycles. The number of aliphatic carboxylic acids is 1. The van der Waals surface area contributed by atoms with Crippen molar-refractivity contribution in [2.45, 2.75) is 14.7 Å². The molecule has 2 nitrogen and oxygen atoms in total. The van der Waals surface area contributed by atoms with Crippen LogP contribution in [0.5, 0.6) is 0 Å². The van der Waals surface area contributed by atoms with Gasteiger partial charge in [0, 0.05) is 0 Å². The maximum absolute atomic E-state index is 11.8. The Morgan fingerprint density at radius 1 is 0.708 bits per heavy atom. The first-order valence-corrected chi connectivity index (χ1v) is 9.22. The molecule has 0 aliphatic carbocycles. The van der Waals surface area contributed by atoms with E-state index in [4.69, 9.17) is 0 Å². The fourth-order valence-corrected chi connectivity index (χ4v) is 6.35. The number of rotatable bonds is 5. The van der Waals surface area contributed by atoms with Crippen molar-refractivity contribution in [1.29, 1.82) is 0 Å². The van der Waals surface area contributed by atoms with Crippen LogP contribution < -0.4 is 29.6 Å². The fraction of sp³-hybridized carbons (Fsp3) is 0.0500. The molecular formula is C20H19NaO2S. The minimum atomic E-state index is -1.83. The third kappa shape index (κ3) is 3.76. The van der Waals surface area contributed by atoms with Gasteiger partial charge < -0.3 is 6.53 Å². The number of hydrogen-bond donors (Lipinski definition) is 1. The van der Waals surface area contributed by atoms with Gasteiger partial charge in [-0.05, 0) is 51.1 Å². The molecule has 3 aromatic rings. The van der Waals surface area contributed by atoms with Gasteiger partial charge in [-0.3, -0.25) is 4.79 Å². The van der Waals surface area contributed by atoms with E-state index in [0.717, 1.165) is 14.7 Å². The molecule has 0 unspecified atom stereocenters. The summed E-state index contributed by atoms with van der Waals surface area (Å²) in [5.74, 6) is -0.693. The standard InChI is InChI=1S/C20H18O2S.Na.H/c21-20(22)16-23(17-10-4-1-5-11-17,18-12-6-2-7-13-18)19-14-8-3-9-15-19;;/h1-15H,16H2,(H,21,22);;/q;+1;-1. The smallest absolute Gasteiger partial charge is 1.00 e. The van der Waals surface area contributed by atoms with Crippen molar-refractivity contribution in [3.8, 4) is 0 Å². The van der Waals surface area contributed by atoms with Crippen LogP contribution in [-0.4, -0.2) is 16.8 Å². The quantitative estimate of drug-likeness (QED) is 0.719. The Bertz CT molecular complexity index is 686. The van der Waals surface area contributed by atoms with Crippen LogP contribution in [0.3, 0.4) is 0 Å². The fourth-order valence-electron chi connectivity index (χ4n) is 2.80. The minimum absolute atomic E-state index is 0. The van der Waals surface area contributed by atoms with Crippen molar-refractivity contribution < 1.29 is 40.9 Å². The first-order valence-electron chi connectivity index (χ1n) is 7.41. The van der Waals surface area contributed by atoms with Crippen LogP contribution in [-0.2, 0) is 4.79 Å². The van der Waals surface area contributed by atoms with Crippen molar-refractivity contribution in [2.24, 2.45) is 0 Å². The second kappa shape index (κ2) is 8.54. The van der Waals surface area contributed by atoms with E-state index in [1.807, 2.05) is 91.0 Å². The van der Waals surface area contributed by atoms with Gasteiger partial charge in [0.15, 0.2) is 0 Å². The van der Waals surface area contributed by atoms with Gasteiger partial charge in [0.1, 0.15) is 0 Å². The van der Waals surface area contributed by atoms with E-state index in [-0.39, 0.29) is 36.7 Å². The molecule has 0 aliphatic rings. The zero-order valence-corrected chi connectivity index (χ0v) is 16.4. The molecule has 0 spiro atoms. The Morgan fingerprint density at radius 3 is 1.25 bits per heavy atom. The SMILES string of the molecule is O=C(O)CS(c1ccccc1)(c1ccccc1)c1ccccc1.[H-].[Na+]. The van der Waals surface area contributed by atoms with Gasteiger partial charge >= 0.3 is 35.5 Å². The molecule has 118 valence electrons. The molecule has 0 saturated heterocycles. The van der Waals surface area contributed by atoms with E-state index >= 15 is 0 Å². The van der Waals surface area contributed by atoms with Crippen molar-refractivity contribution in [3.05, 3.63) is 91.0 Å². The summed E-state index contributed by atoms with van der Waals surface area (Å²) >= 11 is 0. The summed E-state index contributed by atoms with van der Waals surface area (Å²) in [6, 6.07) is 30.0. The molecule has 0 fully saturated rings. The Balaban J connectivity index is 0.00000156. The van der Waals surface area contributed by atoms with Crippen LogP contribution in [0.2, 0.25) is 0 Å². The molecule has 0 aromatic heterocycles. The van der Waals surface area contributed by atoms with Crippen molar-refractivity contribution >= 4 is 16.0 Å². The number of carbonyl (C=O) groups is 1. The second-order valence-electron chi connectivity index (χ2n) is 5.22. The average Bonchev–Trinajstić information content (AvgIpc) is 2.62. The number of carboxylic acid groups (broad SMARTS) is 1. The van der Waals surface area contributed by atoms with Gasteiger partial charge in [-0.2, -0.15) is 0 Å². The largest absolute Gasteiger partial charge is 1.00 e. The van der Waals surface area contributed by atoms with Crippen molar-refractivity contribution in [2.75, 3.05) is 5.75 Å². The summed E-state index contributed by atoms with van der Waals surface area (Å²) in [5, 5.41) is 9.65. The Hall–Kier alpha value is -1.52. The first kappa shape index (κ1) is 18.8. The Kier molecular flexibility index (Phi) is 6.69. The molecule has 0 amide bonds. The molecule has 3 aromatic carbocycles. The maximum atomic E-state index is 11.8. The maximum Gasteiger partial charge on any atom is 1.00 e. The van der Waals surface area contributed by atoms with E-state index in [9.17, 15) is 9.90 Å². The third-order valence-corrected chi connectivity index (χ3v) is 7.69. The predicted molar refractivity (Wildman–Crippen MR) is 95.3 cm³/mol. The van der Waals surface area contributed by atoms with Gasteiger partial charge in [0.25, 0.3) is 0 Å². The molecule has 1 N–H and O–H groups in total. The van der Waals surface area contributed by atoms with Gasteiger partial charge in [-0.25, -0.2) is 0 Å². The summed E-state index contributed by atoms with van der Waals surface area (Å²) < 4.78 is 0. The zero-order valence-electron chi connectivity index (χ0n) is 14.6. The van der Waals surface area contributed by atoms with Crippen molar-refractivity contribution in [3.63, 3.8) is 0 Å². The zero-order chi connectivity index (χ0) is 16.1. The first-order chi connectivity index (χ1) is 11.2. The normalized spacial score (nSPS) is 11.3. The third-order valence-electron chi connectivity index (χ3n) is 3.78. The number of benzene rings is 3. The van der Waals surface area contributed by atoms with E-state index in [0.29, 0.717) is 0 Å². The van der Waals surface area contributed by atoms with Crippen LogP contribution in [0.15, 0.2) is 106 Å². The van der Waals surface area contributed by atoms with Gasteiger partial charge in [0.05, 0.1) is 5.75 Å². The molecular weight excluding hydrogens is 327 g/mol. The summed E-state index contributed by atoms with van der Waals surface area (Å²) in [5.41, 5.74) is 0. The molecule has 0 radical (unpaired) electrons. The predicted octanol–water partition coefficient (Wildman–Crippen LogP) is 2.17. The van der Waals surface area contributed by atoms with Crippen LogP contribution in [0, 0.1) is 0 Å². The molecule has 0 atom stereocenters. The van der Waals surface area contributed by atoms with E-state index in [1.165, 1.54) is 0 Å². The minimum Gasteiger partial charge on any atom is -1.00 e. The van der Waals surface area contributed by atoms with Crippen LogP contribution >= 0.6 is 10.0 Å². The summed E-state index contributed by atoms with van der Waals surface area (Å²) in [6.07, 6.45) is 0. The number of hydrogen-bond acceptors (Lipinski definition) is 1. The van der Waals surface area contributed by atoms with Gasteiger partial charge in [-0.1, -0.05) is 54.6 Å². The van der Waals surface area contributed by atoms with E-state index in [2.05, 4.69) is 0 Å². The summed E-state index contributed by atoms with van der Waals surface area (Å²) in [4.78, 5) is 15.0. The average molecular weight is 346 g/mol. The molecule has 4 heteroatoms. The topological polar surface area (TPSA) is 37.3 Å². The van der Waals surface area contributed by atoms with Gasteiger partial charge in [0.2, 0.25) is 0 Å². The van der Waals surface area contributed by atoms with Gasteiger partial charge in [-0.15, -0.1) is 10.0 Å². The molecule has 0 aliphatic heterocycles. The van der Waals surface area contributed by atoms with E-state index < -0.39 is 16.0 Å². The van der Waals surface area contributed by atoms with E-state index in [1.54, 1.807) is 0 Å². The van der Waals surface area contributed by atoms with Crippen molar-refractivity contribution in [1.82, 2.24) is 0 Å². The molecule has 24 heavy (non-hydrogen) atoms. The molecule has 3 rings (SSSR count). The monoisotopic (exact) mass is 346 g/mol. The second-order valence-corrected chi connectivity index (χ2v) is 8.40. The summed E-state index contributed by atoms with van der Waals surface area (Å²) in [7, 11) is -1.83. The Morgan fingerprint density at radius 2 is 1.00 bits per heavy atom. The molecule has 0 heterocycles.